The highest BCUT2D eigenvalue weighted by Gasteiger charge is 2.30. The van der Waals surface area contributed by atoms with Crippen molar-refractivity contribution in [3.8, 4) is 0 Å². The van der Waals surface area contributed by atoms with Gasteiger partial charge in [0.25, 0.3) is 5.91 Å². The first-order valence-corrected chi connectivity index (χ1v) is 7.72. The predicted molar refractivity (Wildman–Crippen MR) is 85.5 cm³/mol. The third-order valence-corrected chi connectivity index (χ3v) is 4.35. The van der Waals surface area contributed by atoms with E-state index in [-0.39, 0.29) is 31.2 Å². The zero-order chi connectivity index (χ0) is 16.6. The number of nitrogens with one attached hydrogen (secondary N) is 1. The number of aromatic amines is 1. The number of carboxylic acid groups (broad SMARTS) is 1. The summed E-state index contributed by atoms with van der Waals surface area (Å²) in [7, 11) is 0. The number of nitrogens with zero attached hydrogens (tertiary/aromatic N) is 1. The molecule has 1 aliphatic heterocycles. The van der Waals surface area contributed by atoms with Gasteiger partial charge in [0.2, 0.25) is 5.56 Å². The fourth-order valence-electron chi connectivity index (χ4n) is 2.57. The van der Waals surface area contributed by atoms with Gasteiger partial charge in [-0.05, 0) is 22.0 Å². The molecule has 3 rings (SSSR count). The number of para-hydroxylation sites is 1. The number of carboxylic acids is 1. The third-order valence-electron chi connectivity index (χ3n) is 3.69. The molecule has 0 bridgehead atoms. The fourth-order valence-corrected chi connectivity index (χ4v) is 3.04. The summed E-state index contributed by atoms with van der Waals surface area (Å²) in [5, 5.41) is 9.64. The lowest BCUT2D eigenvalue weighted by Crippen LogP contribution is -2.48. The van der Waals surface area contributed by atoms with Gasteiger partial charge in [0.1, 0.15) is 0 Å². The predicted octanol–water partition coefficient (Wildman–Crippen LogP) is 1.22. The number of ether oxygens (including phenoxy) is 1. The van der Waals surface area contributed by atoms with E-state index in [1.807, 2.05) is 0 Å². The first-order chi connectivity index (χ1) is 11.0. The lowest BCUT2D eigenvalue weighted by molar-refractivity contribution is -0.154. The van der Waals surface area contributed by atoms with Gasteiger partial charge in [-0.2, -0.15) is 0 Å². The molecule has 0 spiro atoms. The molecule has 120 valence electrons. The summed E-state index contributed by atoms with van der Waals surface area (Å²) in [4.78, 5) is 39.7. The third kappa shape index (κ3) is 2.99. The van der Waals surface area contributed by atoms with Crippen LogP contribution in [0.1, 0.15) is 10.4 Å². The first-order valence-electron chi connectivity index (χ1n) is 6.92. The standard InChI is InChI=1S/C15H13BrN2O5/c16-10-3-1-2-8-9(6-12(19)17-13(8)10)14(20)18-4-5-23-11(7-18)15(21)22/h1-3,6,11H,4-5,7H2,(H,17,19)(H,21,22)/t11-/m0/s1. The molecule has 1 saturated heterocycles. The largest absolute Gasteiger partial charge is 0.479 e. The van der Waals surface area contributed by atoms with E-state index in [9.17, 15) is 14.4 Å². The van der Waals surface area contributed by atoms with Gasteiger partial charge in [-0.25, -0.2) is 4.79 Å². The molecule has 0 radical (unpaired) electrons. The number of hydrogen-bond acceptors (Lipinski definition) is 4. The van der Waals surface area contributed by atoms with Crippen molar-refractivity contribution < 1.29 is 19.4 Å². The molecule has 23 heavy (non-hydrogen) atoms. The Labute approximate surface area is 139 Å². The average Bonchev–Trinajstić information content (AvgIpc) is 2.54. The van der Waals surface area contributed by atoms with Crippen molar-refractivity contribution in [3.63, 3.8) is 0 Å². The maximum absolute atomic E-state index is 12.8. The smallest absolute Gasteiger partial charge is 0.334 e. The number of fused-ring (bicyclic) bond motifs is 1. The van der Waals surface area contributed by atoms with Crippen molar-refractivity contribution >= 4 is 38.7 Å². The van der Waals surface area contributed by atoms with Crippen LogP contribution in [0, 0.1) is 0 Å². The second kappa shape index (κ2) is 6.13. The number of aliphatic carboxylic acids is 1. The van der Waals surface area contributed by atoms with Gasteiger partial charge in [0, 0.05) is 22.5 Å². The van der Waals surface area contributed by atoms with E-state index in [4.69, 9.17) is 9.84 Å². The number of benzene rings is 1. The molecule has 1 aromatic carbocycles. The first kappa shape index (κ1) is 15.7. The van der Waals surface area contributed by atoms with Crippen LogP contribution in [0.3, 0.4) is 0 Å². The van der Waals surface area contributed by atoms with E-state index < -0.39 is 17.6 Å². The molecular weight excluding hydrogens is 368 g/mol. The monoisotopic (exact) mass is 380 g/mol. The van der Waals surface area contributed by atoms with Crippen LogP contribution in [-0.2, 0) is 9.53 Å². The Hall–Kier alpha value is -2.19. The van der Waals surface area contributed by atoms with Crippen LogP contribution in [0.2, 0.25) is 0 Å². The Balaban J connectivity index is 2.03. The quantitative estimate of drug-likeness (QED) is 0.815. The molecule has 0 unspecified atom stereocenters. The number of morpholine rings is 1. The summed E-state index contributed by atoms with van der Waals surface area (Å²) in [5.74, 6) is -1.49. The molecule has 8 heteroatoms. The van der Waals surface area contributed by atoms with Gasteiger partial charge in [-0.1, -0.05) is 12.1 Å². The summed E-state index contributed by atoms with van der Waals surface area (Å²) < 4.78 is 5.79. The molecule has 2 N–H and O–H groups in total. The number of pyridine rings is 1. The van der Waals surface area contributed by atoms with Crippen LogP contribution < -0.4 is 5.56 Å². The van der Waals surface area contributed by atoms with Gasteiger partial charge in [-0.15, -0.1) is 0 Å². The molecule has 1 atom stereocenters. The number of carbonyl (C=O) groups excluding carboxylic acids is 1. The van der Waals surface area contributed by atoms with E-state index >= 15 is 0 Å². The second-order valence-corrected chi connectivity index (χ2v) is 6.01. The van der Waals surface area contributed by atoms with Crippen molar-refractivity contribution in [2.45, 2.75) is 6.10 Å². The van der Waals surface area contributed by atoms with Gasteiger partial charge < -0.3 is 19.7 Å². The Kier molecular flexibility index (Phi) is 4.18. The van der Waals surface area contributed by atoms with Crippen molar-refractivity contribution in [3.05, 3.63) is 44.7 Å². The summed E-state index contributed by atoms with van der Waals surface area (Å²) in [5.41, 5.74) is 0.387. The lowest BCUT2D eigenvalue weighted by atomic mass is 10.1. The van der Waals surface area contributed by atoms with E-state index in [0.29, 0.717) is 15.4 Å². The SMILES string of the molecule is O=C(O)[C@@H]1CN(C(=O)c2cc(=O)[nH]c3c(Br)cccc23)CCO1. The van der Waals surface area contributed by atoms with Gasteiger partial charge in [0.15, 0.2) is 6.10 Å². The van der Waals surface area contributed by atoms with Crippen LogP contribution in [0.25, 0.3) is 10.9 Å². The van der Waals surface area contributed by atoms with Crippen molar-refractivity contribution in [2.24, 2.45) is 0 Å². The number of hydrogen-bond donors (Lipinski definition) is 2. The van der Waals surface area contributed by atoms with Crippen molar-refractivity contribution in [2.75, 3.05) is 19.7 Å². The molecule has 0 saturated carbocycles. The number of amides is 1. The Morgan fingerprint density at radius 2 is 2.17 bits per heavy atom. The highest BCUT2D eigenvalue weighted by atomic mass is 79.9. The average molecular weight is 381 g/mol. The molecule has 1 aromatic heterocycles. The Morgan fingerprint density at radius 1 is 1.39 bits per heavy atom. The number of halogens is 1. The van der Waals surface area contributed by atoms with Crippen LogP contribution >= 0.6 is 15.9 Å². The minimum absolute atomic E-state index is 0.0452. The minimum Gasteiger partial charge on any atom is -0.479 e. The Morgan fingerprint density at radius 3 is 2.91 bits per heavy atom. The second-order valence-electron chi connectivity index (χ2n) is 5.16. The van der Waals surface area contributed by atoms with Crippen LogP contribution in [0.5, 0.6) is 0 Å². The molecular formula is C15H13BrN2O5. The zero-order valence-electron chi connectivity index (χ0n) is 11.9. The number of carbonyl (C=O) groups is 2. The highest BCUT2D eigenvalue weighted by molar-refractivity contribution is 9.10. The maximum atomic E-state index is 12.8. The van der Waals surface area contributed by atoms with Gasteiger partial charge >= 0.3 is 5.97 Å². The topological polar surface area (TPSA) is 99.7 Å². The maximum Gasteiger partial charge on any atom is 0.334 e. The van der Waals surface area contributed by atoms with Crippen LogP contribution in [0.4, 0.5) is 0 Å². The number of H-pyrrole nitrogens is 1. The molecule has 7 nitrogen and oxygen atoms in total. The van der Waals surface area contributed by atoms with E-state index in [1.165, 1.54) is 11.0 Å². The summed E-state index contributed by atoms with van der Waals surface area (Å²) in [6, 6.07) is 6.50. The fraction of sp³-hybridized carbons (Fsp3) is 0.267. The summed E-state index contributed by atoms with van der Waals surface area (Å²) >= 11 is 3.35. The van der Waals surface area contributed by atoms with Crippen LogP contribution in [-0.4, -0.2) is 52.7 Å². The summed E-state index contributed by atoms with van der Waals surface area (Å²) in [6.45, 7) is 0.384. The normalized spacial score (nSPS) is 18.1. The number of rotatable bonds is 2. The molecule has 0 aliphatic carbocycles. The van der Waals surface area contributed by atoms with Gasteiger partial charge in [0.05, 0.1) is 24.2 Å². The van der Waals surface area contributed by atoms with Crippen LogP contribution in [0.15, 0.2) is 33.5 Å². The van der Waals surface area contributed by atoms with E-state index in [0.717, 1.165) is 0 Å². The molecule has 1 amide bonds. The minimum atomic E-state index is -1.11. The molecule has 2 aromatic rings. The molecule has 2 heterocycles. The highest BCUT2D eigenvalue weighted by Crippen LogP contribution is 2.24. The zero-order valence-corrected chi connectivity index (χ0v) is 13.5. The van der Waals surface area contributed by atoms with Crippen molar-refractivity contribution in [1.29, 1.82) is 0 Å². The summed E-state index contributed by atoms with van der Waals surface area (Å²) in [6.07, 6.45) is -1.05. The lowest BCUT2D eigenvalue weighted by Gasteiger charge is -2.31. The Bertz CT molecular complexity index is 847. The van der Waals surface area contributed by atoms with E-state index in [1.54, 1.807) is 18.2 Å². The number of aromatic nitrogens is 1. The van der Waals surface area contributed by atoms with Gasteiger partial charge in [-0.3, -0.25) is 9.59 Å². The van der Waals surface area contributed by atoms with E-state index in [2.05, 4.69) is 20.9 Å². The van der Waals surface area contributed by atoms with Crippen molar-refractivity contribution in [1.82, 2.24) is 9.88 Å². The molecule has 1 fully saturated rings. The molecule has 1 aliphatic rings.